The summed E-state index contributed by atoms with van der Waals surface area (Å²) in [6, 6.07) is 6.15. The number of halogens is 2. The molecular formula is C16H21Cl2N. The highest BCUT2D eigenvalue weighted by Crippen LogP contribution is 2.25. The third kappa shape index (κ3) is 4.52. The van der Waals surface area contributed by atoms with Gasteiger partial charge in [0.05, 0.1) is 10.0 Å². The Hall–Kier alpha value is -0.500. The van der Waals surface area contributed by atoms with E-state index in [0.29, 0.717) is 16.1 Å². The fraction of sp³-hybridized carbons (Fsp3) is 0.500. The van der Waals surface area contributed by atoms with Gasteiger partial charge in [0, 0.05) is 6.04 Å². The van der Waals surface area contributed by atoms with Gasteiger partial charge in [0.1, 0.15) is 0 Å². The van der Waals surface area contributed by atoms with Crippen molar-refractivity contribution in [2.75, 3.05) is 6.54 Å². The maximum absolute atomic E-state index is 6.04. The molecule has 0 aromatic heterocycles. The summed E-state index contributed by atoms with van der Waals surface area (Å²) in [5.74, 6) is 0. The van der Waals surface area contributed by atoms with E-state index in [2.05, 4.69) is 18.3 Å². The van der Waals surface area contributed by atoms with E-state index < -0.39 is 0 Å². The number of nitrogens with one attached hydrogen (secondary N) is 1. The zero-order valence-electron chi connectivity index (χ0n) is 11.4. The second kappa shape index (κ2) is 7.33. The van der Waals surface area contributed by atoms with E-state index in [1.807, 2.05) is 18.2 Å². The highest BCUT2D eigenvalue weighted by atomic mass is 35.5. The molecule has 1 unspecified atom stereocenters. The molecule has 0 spiro atoms. The lowest BCUT2D eigenvalue weighted by Crippen LogP contribution is -2.20. The van der Waals surface area contributed by atoms with E-state index in [4.69, 9.17) is 23.2 Å². The van der Waals surface area contributed by atoms with E-state index in [1.54, 1.807) is 5.57 Å². The van der Waals surface area contributed by atoms with Crippen LogP contribution in [0.5, 0.6) is 0 Å². The molecule has 0 heterocycles. The summed E-state index contributed by atoms with van der Waals surface area (Å²) in [5, 5.41) is 4.79. The molecule has 0 bridgehead atoms. The average Bonchev–Trinajstić information content (AvgIpc) is 2.43. The van der Waals surface area contributed by atoms with Crippen molar-refractivity contribution in [3.05, 3.63) is 45.5 Å². The molecule has 1 N–H and O–H groups in total. The van der Waals surface area contributed by atoms with E-state index in [1.165, 1.54) is 31.2 Å². The maximum Gasteiger partial charge on any atom is 0.0595 e. The molecule has 0 aliphatic heterocycles. The van der Waals surface area contributed by atoms with Crippen molar-refractivity contribution < 1.29 is 0 Å². The number of benzene rings is 1. The highest BCUT2D eigenvalue weighted by molar-refractivity contribution is 6.42. The summed E-state index contributed by atoms with van der Waals surface area (Å²) in [6.07, 6.45) is 8.83. The van der Waals surface area contributed by atoms with Gasteiger partial charge in [0.15, 0.2) is 0 Å². The van der Waals surface area contributed by atoms with Gasteiger partial charge in [-0.3, -0.25) is 0 Å². The van der Waals surface area contributed by atoms with Crippen molar-refractivity contribution in [2.45, 2.75) is 45.1 Å². The van der Waals surface area contributed by atoms with Crippen LogP contribution in [0.2, 0.25) is 10.0 Å². The van der Waals surface area contributed by atoms with Crippen molar-refractivity contribution in [1.29, 1.82) is 0 Å². The van der Waals surface area contributed by atoms with Gasteiger partial charge in [-0.2, -0.15) is 0 Å². The number of rotatable bonds is 5. The summed E-state index contributed by atoms with van der Waals surface area (Å²) in [6.45, 7) is 3.18. The molecule has 3 heteroatoms. The number of hydrogen-bond acceptors (Lipinski definition) is 1. The molecule has 1 nitrogen and oxygen atoms in total. The van der Waals surface area contributed by atoms with E-state index in [9.17, 15) is 0 Å². The van der Waals surface area contributed by atoms with Crippen molar-refractivity contribution in [1.82, 2.24) is 5.32 Å². The van der Waals surface area contributed by atoms with Crippen LogP contribution in [0, 0.1) is 0 Å². The van der Waals surface area contributed by atoms with Crippen LogP contribution < -0.4 is 5.32 Å². The Morgan fingerprint density at radius 1 is 1.21 bits per heavy atom. The summed E-state index contributed by atoms with van der Waals surface area (Å²) in [5.41, 5.74) is 2.80. The Labute approximate surface area is 126 Å². The molecule has 0 saturated carbocycles. The van der Waals surface area contributed by atoms with Gasteiger partial charge in [-0.05, 0) is 63.3 Å². The maximum atomic E-state index is 6.04. The molecule has 1 aromatic rings. The van der Waals surface area contributed by atoms with Crippen LogP contribution in [0.4, 0.5) is 0 Å². The fourth-order valence-corrected chi connectivity index (χ4v) is 2.79. The van der Waals surface area contributed by atoms with Gasteiger partial charge in [0.25, 0.3) is 0 Å². The molecule has 0 saturated heterocycles. The van der Waals surface area contributed by atoms with E-state index in [-0.39, 0.29) is 0 Å². The summed E-state index contributed by atoms with van der Waals surface area (Å²) < 4.78 is 0. The number of hydrogen-bond donors (Lipinski definition) is 1. The Morgan fingerprint density at radius 2 is 2.05 bits per heavy atom. The van der Waals surface area contributed by atoms with Crippen molar-refractivity contribution in [3.8, 4) is 0 Å². The third-order valence-electron chi connectivity index (χ3n) is 3.73. The Balaban J connectivity index is 1.81. The lowest BCUT2D eigenvalue weighted by atomic mass is 9.97. The van der Waals surface area contributed by atoms with Crippen LogP contribution in [0.3, 0.4) is 0 Å². The number of allylic oxidation sites excluding steroid dienone is 1. The summed E-state index contributed by atoms with van der Waals surface area (Å²) >= 11 is 12.0. The zero-order valence-corrected chi connectivity index (χ0v) is 12.9. The first-order chi connectivity index (χ1) is 9.16. The van der Waals surface area contributed by atoms with Gasteiger partial charge in [-0.25, -0.2) is 0 Å². The molecule has 1 aliphatic rings. The monoisotopic (exact) mass is 297 g/mol. The molecule has 19 heavy (non-hydrogen) atoms. The van der Waals surface area contributed by atoms with Crippen molar-refractivity contribution >= 4 is 23.2 Å². The zero-order chi connectivity index (χ0) is 13.7. The van der Waals surface area contributed by atoms with Crippen LogP contribution in [0.25, 0.3) is 0 Å². The average molecular weight is 298 g/mol. The van der Waals surface area contributed by atoms with Crippen LogP contribution in [-0.2, 0) is 0 Å². The Morgan fingerprint density at radius 3 is 2.74 bits per heavy atom. The van der Waals surface area contributed by atoms with Crippen molar-refractivity contribution in [2.24, 2.45) is 0 Å². The minimum absolute atomic E-state index is 0.305. The fourth-order valence-electron chi connectivity index (χ4n) is 2.48. The predicted molar refractivity (Wildman–Crippen MR) is 84.0 cm³/mol. The molecule has 0 fully saturated rings. The predicted octanol–water partition coefficient (Wildman–Crippen LogP) is 5.53. The van der Waals surface area contributed by atoms with E-state index >= 15 is 0 Å². The van der Waals surface area contributed by atoms with E-state index in [0.717, 1.165) is 13.0 Å². The first-order valence-electron chi connectivity index (χ1n) is 7.03. The molecule has 2 rings (SSSR count). The lowest BCUT2D eigenvalue weighted by Gasteiger charge is -2.17. The SMILES string of the molecule is CC(NCCC1=CCCCC1)c1ccc(Cl)c(Cl)c1. The Bertz CT molecular complexity index is 454. The third-order valence-corrected chi connectivity index (χ3v) is 4.46. The lowest BCUT2D eigenvalue weighted by molar-refractivity contribution is 0.562. The second-order valence-electron chi connectivity index (χ2n) is 5.21. The van der Waals surface area contributed by atoms with Gasteiger partial charge >= 0.3 is 0 Å². The summed E-state index contributed by atoms with van der Waals surface area (Å²) in [4.78, 5) is 0. The molecule has 104 valence electrons. The molecule has 0 radical (unpaired) electrons. The van der Waals surface area contributed by atoms with Gasteiger partial charge in [-0.1, -0.05) is 40.9 Å². The first-order valence-corrected chi connectivity index (χ1v) is 7.78. The smallest absolute Gasteiger partial charge is 0.0595 e. The molecule has 0 amide bonds. The van der Waals surface area contributed by atoms with Crippen molar-refractivity contribution in [3.63, 3.8) is 0 Å². The topological polar surface area (TPSA) is 12.0 Å². The molecular weight excluding hydrogens is 277 g/mol. The standard InChI is InChI=1S/C16H21Cl2N/c1-12(14-7-8-15(17)16(18)11-14)19-10-9-13-5-3-2-4-6-13/h5,7-8,11-12,19H,2-4,6,9-10H2,1H3. The van der Waals surface area contributed by atoms with Gasteiger partial charge in [-0.15, -0.1) is 0 Å². The van der Waals surface area contributed by atoms with Crippen LogP contribution in [0.1, 0.15) is 50.6 Å². The molecule has 1 aromatic carbocycles. The quantitative estimate of drug-likeness (QED) is 0.704. The molecule has 1 atom stereocenters. The largest absolute Gasteiger partial charge is 0.310 e. The van der Waals surface area contributed by atoms with Crippen LogP contribution in [0.15, 0.2) is 29.8 Å². The Kier molecular flexibility index (Phi) is 5.75. The summed E-state index contributed by atoms with van der Waals surface area (Å²) in [7, 11) is 0. The van der Waals surface area contributed by atoms with Crippen LogP contribution in [-0.4, -0.2) is 6.54 Å². The first kappa shape index (κ1) is 14.9. The highest BCUT2D eigenvalue weighted by Gasteiger charge is 2.08. The second-order valence-corrected chi connectivity index (χ2v) is 6.02. The van der Waals surface area contributed by atoms with Gasteiger partial charge in [0.2, 0.25) is 0 Å². The molecule has 1 aliphatic carbocycles. The van der Waals surface area contributed by atoms with Gasteiger partial charge < -0.3 is 5.32 Å². The minimum atomic E-state index is 0.305. The minimum Gasteiger partial charge on any atom is -0.310 e. The normalized spacial score (nSPS) is 17.1. The van der Waals surface area contributed by atoms with Crippen LogP contribution >= 0.6 is 23.2 Å².